The topological polar surface area (TPSA) is 18.5 Å². The van der Waals surface area contributed by atoms with Crippen LogP contribution >= 0.6 is 0 Å². The third kappa shape index (κ3) is 5.83. The first-order valence-corrected chi connectivity index (χ1v) is 11.1. The zero-order chi connectivity index (χ0) is 20.6. The molecule has 2 saturated carbocycles. The molecule has 0 heterocycles. The summed E-state index contributed by atoms with van der Waals surface area (Å²) >= 11 is 0. The molecule has 0 atom stereocenters. The lowest BCUT2D eigenvalue weighted by atomic mass is 9.69. The van der Waals surface area contributed by atoms with Gasteiger partial charge in [0.25, 0.3) is 0 Å². The summed E-state index contributed by atoms with van der Waals surface area (Å²) in [6, 6.07) is 2.86. The van der Waals surface area contributed by atoms with Crippen molar-refractivity contribution < 1.29 is 18.3 Å². The van der Waals surface area contributed by atoms with Gasteiger partial charge in [-0.2, -0.15) is 8.78 Å². The van der Waals surface area contributed by atoms with Crippen LogP contribution in [0.15, 0.2) is 36.6 Å². The highest BCUT2D eigenvalue weighted by molar-refractivity contribution is 5.35. The van der Waals surface area contributed by atoms with E-state index in [2.05, 4.69) is 19.1 Å². The number of hydrogen-bond donors (Lipinski definition) is 0. The van der Waals surface area contributed by atoms with Gasteiger partial charge in [-0.3, -0.25) is 0 Å². The van der Waals surface area contributed by atoms with Crippen molar-refractivity contribution in [3.05, 3.63) is 48.3 Å². The van der Waals surface area contributed by atoms with Crippen LogP contribution in [0.4, 0.5) is 8.78 Å². The molecule has 2 aliphatic rings. The Morgan fingerprint density at radius 3 is 2.03 bits per heavy atom. The van der Waals surface area contributed by atoms with Gasteiger partial charge < -0.3 is 9.47 Å². The maximum Gasteiger partial charge on any atom is 0.205 e. The predicted octanol–water partition coefficient (Wildman–Crippen LogP) is 7.44. The second-order valence-corrected chi connectivity index (χ2v) is 8.57. The lowest BCUT2D eigenvalue weighted by Crippen LogP contribution is -2.27. The van der Waals surface area contributed by atoms with Crippen LogP contribution < -0.4 is 9.47 Å². The van der Waals surface area contributed by atoms with E-state index in [1.54, 1.807) is 13.0 Å². The predicted molar refractivity (Wildman–Crippen MR) is 113 cm³/mol. The summed E-state index contributed by atoms with van der Waals surface area (Å²) < 4.78 is 39.0. The first-order chi connectivity index (χ1) is 14.1. The molecule has 0 amide bonds. The van der Waals surface area contributed by atoms with Gasteiger partial charge >= 0.3 is 0 Å². The highest BCUT2D eigenvalue weighted by atomic mass is 19.2. The minimum Gasteiger partial charge on any atom is -0.490 e. The molecule has 2 fully saturated rings. The van der Waals surface area contributed by atoms with Crippen molar-refractivity contribution in [1.82, 2.24) is 0 Å². The van der Waals surface area contributed by atoms with Crippen LogP contribution in [-0.4, -0.2) is 6.61 Å². The molecule has 0 saturated heterocycles. The summed E-state index contributed by atoms with van der Waals surface area (Å²) in [5.41, 5.74) is 0. The van der Waals surface area contributed by atoms with Crippen molar-refractivity contribution >= 4 is 0 Å². The van der Waals surface area contributed by atoms with Crippen molar-refractivity contribution in [3.8, 4) is 11.5 Å². The molecule has 1 aromatic carbocycles. The van der Waals surface area contributed by atoms with Gasteiger partial charge in [-0.15, -0.1) is 0 Å². The highest BCUT2D eigenvalue weighted by Crippen LogP contribution is 2.41. The third-order valence-electron chi connectivity index (χ3n) is 6.66. The van der Waals surface area contributed by atoms with E-state index in [9.17, 15) is 8.78 Å². The van der Waals surface area contributed by atoms with Gasteiger partial charge in [0.1, 0.15) is 0 Å². The smallest absolute Gasteiger partial charge is 0.205 e. The minimum atomic E-state index is -1.00. The zero-order valence-electron chi connectivity index (χ0n) is 17.7. The van der Waals surface area contributed by atoms with Crippen LogP contribution in [-0.2, 0) is 0 Å². The Morgan fingerprint density at radius 2 is 1.41 bits per heavy atom. The second-order valence-electron chi connectivity index (χ2n) is 8.57. The van der Waals surface area contributed by atoms with Crippen molar-refractivity contribution in [1.29, 1.82) is 0 Å². The molecule has 0 unspecified atom stereocenters. The number of benzene rings is 1. The third-order valence-corrected chi connectivity index (χ3v) is 6.66. The van der Waals surface area contributed by atoms with Crippen molar-refractivity contribution in [2.45, 2.75) is 65.2 Å². The molecule has 0 N–H and O–H groups in total. The van der Waals surface area contributed by atoms with Crippen LogP contribution in [0.1, 0.15) is 65.2 Å². The van der Waals surface area contributed by atoms with E-state index < -0.39 is 11.6 Å². The van der Waals surface area contributed by atoms with E-state index in [-0.39, 0.29) is 11.5 Å². The van der Waals surface area contributed by atoms with Crippen LogP contribution in [0.5, 0.6) is 11.5 Å². The fraction of sp³-hybridized carbons (Fsp3) is 0.600. The molecular weight excluding hydrogens is 370 g/mol. The van der Waals surface area contributed by atoms with Gasteiger partial charge in [0.15, 0.2) is 11.5 Å². The molecule has 0 aliphatic heterocycles. The van der Waals surface area contributed by atoms with Crippen molar-refractivity contribution in [2.75, 3.05) is 6.61 Å². The van der Waals surface area contributed by atoms with Crippen LogP contribution in [0, 0.1) is 35.3 Å². The van der Waals surface area contributed by atoms with Crippen molar-refractivity contribution in [3.63, 3.8) is 0 Å². The molecule has 0 aromatic heterocycles. The van der Waals surface area contributed by atoms with E-state index in [4.69, 9.17) is 9.47 Å². The monoisotopic (exact) mass is 404 g/mol. The maximum atomic E-state index is 14.2. The zero-order valence-corrected chi connectivity index (χ0v) is 17.7. The van der Waals surface area contributed by atoms with E-state index in [1.165, 1.54) is 56.9 Å². The molecule has 4 heteroatoms. The molecule has 1 aromatic rings. The van der Waals surface area contributed by atoms with Gasteiger partial charge in [0, 0.05) is 0 Å². The number of hydrogen-bond acceptors (Lipinski definition) is 2. The Morgan fingerprint density at radius 1 is 0.828 bits per heavy atom. The Bertz CT molecular complexity index is 697. The van der Waals surface area contributed by atoms with Gasteiger partial charge in [-0.1, -0.05) is 18.2 Å². The summed E-state index contributed by atoms with van der Waals surface area (Å²) in [6.07, 6.45) is 17.6. The molecule has 0 radical (unpaired) electrons. The molecule has 0 spiro atoms. The number of halogens is 2. The number of allylic oxidation sites excluding steroid dienone is 3. The SMILES string of the molecule is CC=COc1ccc(OCC2CCC(C3CCC(C=CC)CC3)CC2)c(F)c1F. The van der Waals surface area contributed by atoms with E-state index >= 15 is 0 Å². The Hall–Kier alpha value is -1.84. The standard InChI is InChI=1S/C25H34F2O2/c1-3-5-18-6-10-20(11-7-18)21-12-8-19(9-13-21)17-29-23-15-14-22(28-16-4-2)24(26)25(23)27/h3-5,14-16,18-21H,6-13,17H2,1-2H3. The van der Waals surface area contributed by atoms with E-state index in [0.717, 1.165) is 30.6 Å². The van der Waals surface area contributed by atoms with Crippen LogP contribution in [0.25, 0.3) is 0 Å². The normalized spacial score (nSPS) is 28.1. The molecule has 3 rings (SSSR count). The Kier molecular flexibility index (Phi) is 8.14. The fourth-order valence-electron chi connectivity index (χ4n) is 4.97. The van der Waals surface area contributed by atoms with Crippen LogP contribution in [0.3, 0.4) is 0 Å². The first-order valence-electron chi connectivity index (χ1n) is 11.1. The minimum absolute atomic E-state index is 0.0280. The molecule has 160 valence electrons. The summed E-state index contributed by atoms with van der Waals surface area (Å²) in [5, 5.41) is 0. The Balaban J connectivity index is 1.44. The Labute approximate surface area is 174 Å². The molecule has 0 bridgehead atoms. The summed E-state index contributed by atoms with van der Waals surface area (Å²) in [6.45, 7) is 4.31. The van der Waals surface area contributed by atoms with E-state index in [0.29, 0.717) is 12.5 Å². The maximum absolute atomic E-state index is 14.2. The number of rotatable bonds is 7. The highest BCUT2D eigenvalue weighted by Gasteiger charge is 2.30. The summed E-state index contributed by atoms with van der Waals surface area (Å²) in [5.74, 6) is 0.775. The lowest BCUT2D eigenvalue weighted by Gasteiger charge is -2.37. The largest absolute Gasteiger partial charge is 0.490 e. The lowest BCUT2D eigenvalue weighted by molar-refractivity contribution is 0.127. The average molecular weight is 405 g/mol. The summed E-state index contributed by atoms with van der Waals surface area (Å²) in [4.78, 5) is 0. The van der Waals surface area contributed by atoms with Gasteiger partial charge in [0.05, 0.1) is 12.9 Å². The first kappa shape index (κ1) is 21.9. The quantitative estimate of drug-likeness (QED) is 0.347. The molecule has 2 aliphatic carbocycles. The second kappa shape index (κ2) is 10.8. The van der Waals surface area contributed by atoms with Crippen LogP contribution in [0.2, 0.25) is 0 Å². The molecular formula is C25H34F2O2. The fourth-order valence-corrected chi connectivity index (χ4v) is 4.97. The van der Waals surface area contributed by atoms with Gasteiger partial charge in [0.2, 0.25) is 11.6 Å². The average Bonchev–Trinajstić information content (AvgIpc) is 2.75. The summed E-state index contributed by atoms with van der Waals surface area (Å²) in [7, 11) is 0. The van der Waals surface area contributed by atoms with E-state index in [1.807, 2.05) is 0 Å². The van der Waals surface area contributed by atoms with Crippen molar-refractivity contribution in [2.24, 2.45) is 23.7 Å². The number of ether oxygens (including phenoxy) is 2. The molecule has 29 heavy (non-hydrogen) atoms. The molecule has 2 nitrogen and oxygen atoms in total. The van der Waals surface area contributed by atoms with Gasteiger partial charge in [-0.05, 0) is 101 Å². The van der Waals surface area contributed by atoms with Gasteiger partial charge in [-0.25, -0.2) is 0 Å².